The summed E-state index contributed by atoms with van der Waals surface area (Å²) in [6.07, 6.45) is 1.76. The number of nitro groups is 1. The standard InChI is InChI=1S/C17H19N3O5S2/c1-12(21)16-10-15(20(22)23)17(26-16)18-11-13-4-6-14(7-5-13)27(24,25)19-8-2-3-9-19/h4-7,10,18H,2-3,8-9,11H2,1H3. The first-order chi connectivity index (χ1) is 12.8. The number of anilines is 1. The van der Waals surface area contributed by atoms with Crippen LogP contribution in [0.4, 0.5) is 10.7 Å². The van der Waals surface area contributed by atoms with Gasteiger partial charge in [0.1, 0.15) is 0 Å². The Balaban J connectivity index is 1.72. The molecule has 1 aromatic heterocycles. The highest BCUT2D eigenvalue weighted by Crippen LogP contribution is 2.35. The zero-order valence-corrected chi connectivity index (χ0v) is 16.3. The minimum absolute atomic E-state index is 0.140. The first-order valence-corrected chi connectivity index (χ1v) is 10.7. The highest BCUT2D eigenvalue weighted by Gasteiger charge is 2.27. The second kappa shape index (κ2) is 7.75. The lowest BCUT2D eigenvalue weighted by atomic mass is 10.2. The number of thiophene rings is 1. The van der Waals surface area contributed by atoms with Gasteiger partial charge in [0.15, 0.2) is 10.8 Å². The van der Waals surface area contributed by atoms with E-state index in [9.17, 15) is 23.3 Å². The van der Waals surface area contributed by atoms with Crippen molar-refractivity contribution in [3.05, 3.63) is 50.9 Å². The first kappa shape index (κ1) is 19.5. The van der Waals surface area contributed by atoms with Crippen LogP contribution in [0, 0.1) is 10.1 Å². The summed E-state index contributed by atoms with van der Waals surface area (Å²) < 4.78 is 26.5. The lowest BCUT2D eigenvalue weighted by molar-refractivity contribution is -0.383. The molecule has 1 N–H and O–H groups in total. The highest BCUT2D eigenvalue weighted by molar-refractivity contribution is 7.89. The van der Waals surface area contributed by atoms with Crippen LogP contribution in [0.2, 0.25) is 0 Å². The molecule has 1 aliphatic heterocycles. The van der Waals surface area contributed by atoms with Crippen LogP contribution in [0.1, 0.15) is 35.0 Å². The molecular weight excluding hydrogens is 390 g/mol. The van der Waals surface area contributed by atoms with E-state index in [0.29, 0.717) is 23.0 Å². The van der Waals surface area contributed by atoms with Gasteiger partial charge in [-0.2, -0.15) is 4.31 Å². The number of rotatable bonds is 7. The van der Waals surface area contributed by atoms with Crippen LogP contribution in [0.3, 0.4) is 0 Å². The highest BCUT2D eigenvalue weighted by atomic mass is 32.2. The van der Waals surface area contributed by atoms with Crippen LogP contribution in [0.5, 0.6) is 0 Å². The first-order valence-electron chi connectivity index (χ1n) is 8.41. The van der Waals surface area contributed by atoms with Crippen molar-refractivity contribution >= 4 is 37.8 Å². The number of ketones is 1. The van der Waals surface area contributed by atoms with E-state index in [2.05, 4.69) is 5.32 Å². The minimum atomic E-state index is -3.46. The second-order valence-electron chi connectivity index (χ2n) is 6.25. The molecule has 3 rings (SSSR count). The summed E-state index contributed by atoms with van der Waals surface area (Å²) in [6.45, 7) is 2.74. The van der Waals surface area contributed by atoms with Crippen LogP contribution < -0.4 is 5.32 Å². The third-order valence-corrected chi connectivity index (χ3v) is 7.43. The second-order valence-corrected chi connectivity index (χ2v) is 9.24. The van der Waals surface area contributed by atoms with Crippen molar-refractivity contribution in [1.82, 2.24) is 4.31 Å². The van der Waals surface area contributed by atoms with Crippen molar-refractivity contribution in [2.24, 2.45) is 0 Å². The van der Waals surface area contributed by atoms with Crippen molar-refractivity contribution in [2.45, 2.75) is 31.2 Å². The van der Waals surface area contributed by atoms with Gasteiger partial charge < -0.3 is 5.32 Å². The van der Waals surface area contributed by atoms with E-state index in [0.717, 1.165) is 29.7 Å². The molecule has 2 heterocycles. The molecule has 0 bridgehead atoms. The number of carbonyl (C=O) groups excluding carboxylic acids is 1. The largest absolute Gasteiger partial charge is 0.367 e. The van der Waals surface area contributed by atoms with Gasteiger partial charge >= 0.3 is 5.69 Å². The number of nitrogens with zero attached hydrogens (tertiary/aromatic N) is 2. The van der Waals surface area contributed by atoms with Crippen molar-refractivity contribution < 1.29 is 18.1 Å². The average molecular weight is 409 g/mol. The van der Waals surface area contributed by atoms with Crippen molar-refractivity contribution in [1.29, 1.82) is 0 Å². The number of carbonyl (C=O) groups is 1. The summed E-state index contributed by atoms with van der Waals surface area (Å²) in [4.78, 5) is 22.6. The van der Waals surface area contributed by atoms with E-state index in [4.69, 9.17) is 0 Å². The molecule has 0 spiro atoms. The Morgan fingerprint density at radius 3 is 2.44 bits per heavy atom. The normalized spacial score (nSPS) is 15.0. The molecule has 1 aliphatic rings. The van der Waals surface area contributed by atoms with Gasteiger partial charge in [0, 0.05) is 25.7 Å². The Morgan fingerprint density at radius 2 is 1.89 bits per heavy atom. The predicted octanol–water partition coefficient (Wildman–Crippen LogP) is 3.26. The molecule has 0 atom stereocenters. The quantitative estimate of drug-likeness (QED) is 0.427. The summed E-state index contributed by atoms with van der Waals surface area (Å²) in [5.41, 5.74) is 0.640. The Hall–Kier alpha value is -2.30. The number of sulfonamides is 1. The molecule has 0 radical (unpaired) electrons. The predicted molar refractivity (Wildman–Crippen MR) is 103 cm³/mol. The summed E-state index contributed by atoms with van der Waals surface area (Å²) >= 11 is 1.03. The zero-order chi connectivity index (χ0) is 19.6. The molecular formula is C17H19N3O5S2. The topological polar surface area (TPSA) is 110 Å². The van der Waals surface area contributed by atoms with Gasteiger partial charge in [-0.05, 0) is 37.5 Å². The van der Waals surface area contributed by atoms with Crippen LogP contribution in [0.15, 0.2) is 35.2 Å². The van der Waals surface area contributed by atoms with E-state index in [1.54, 1.807) is 24.3 Å². The number of nitrogens with one attached hydrogen (secondary N) is 1. The van der Waals surface area contributed by atoms with Crippen LogP contribution >= 0.6 is 11.3 Å². The van der Waals surface area contributed by atoms with Gasteiger partial charge in [0.05, 0.1) is 14.7 Å². The molecule has 8 nitrogen and oxygen atoms in total. The molecule has 0 amide bonds. The van der Waals surface area contributed by atoms with Gasteiger partial charge in [0.2, 0.25) is 10.0 Å². The maximum atomic E-state index is 12.5. The monoisotopic (exact) mass is 409 g/mol. The van der Waals surface area contributed by atoms with Gasteiger partial charge in [0.25, 0.3) is 0 Å². The smallest absolute Gasteiger partial charge is 0.304 e. The average Bonchev–Trinajstić information content (AvgIpc) is 3.30. The van der Waals surface area contributed by atoms with Gasteiger partial charge in [-0.25, -0.2) is 8.42 Å². The fraction of sp³-hybridized carbons (Fsp3) is 0.353. The number of benzene rings is 1. The Labute approximate surface area is 161 Å². The Kier molecular flexibility index (Phi) is 5.59. The van der Waals surface area contributed by atoms with Crippen molar-refractivity contribution in [3.8, 4) is 0 Å². The number of hydrogen-bond donors (Lipinski definition) is 1. The van der Waals surface area contributed by atoms with E-state index in [1.807, 2.05) is 0 Å². The van der Waals surface area contributed by atoms with Crippen LogP contribution in [-0.4, -0.2) is 36.5 Å². The van der Waals surface area contributed by atoms with Crippen LogP contribution in [-0.2, 0) is 16.6 Å². The molecule has 0 unspecified atom stereocenters. The number of Topliss-reactive ketones (excluding diaryl/α,β-unsaturated/α-hetero) is 1. The van der Waals surface area contributed by atoms with Gasteiger partial charge in [-0.3, -0.25) is 14.9 Å². The summed E-state index contributed by atoms with van der Waals surface area (Å²) in [5.74, 6) is -0.229. The Morgan fingerprint density at radius 1 is 1.26 bits per heavy atom. The third-order valence-electron chi connectivity index (χ3n) is 4.34. The van der Waals surface area contributed by atoms with Crippen molar-refractivity contribution in [3.63, 3.8) is 0 Å². The molecule has 2 aromatic rings. The lowest BCUT2D eigenvalue weighted by Gasteiger charge is -2.15. The lowest BCUT2D eigenvalue weighted by Crippen LogP contribution is -2.27. The van der Waals surface area contributed by atoms with E-state index in [-0.39, 0.29) is 22.9 Å². The van der Waals surface area contributed by atoms with Gasteiger partial charge in [-0.15, -0.1) is 11.3 Å². The molecule has 0 saturated carbocycles. The van der Waals surface area contributed by atoms with Crippen LogP contribution in [0.25, 0.3) is 0 Å². The third kappa shape index (κ3) is 4.18. The molecule has 27 heavy (non-hydrogen) atoms. The summed E-state index contributed by atoms with van der Waals surface area (Å²) in [5, 5.41) is 14.4. The number of hydrogen-bond acceptors (Lipinski definition) is 7. The summed E-state index contributed by atoms with van der Waals surface area (Å²) in [6, 6.07) is 7.73. The molecule has 1 aromatic carbocycles. The molecule has 0 aliphatic carbocycles. The Bertz CT molecular complexity index is 961. The maximum absolute atomic E-state index is 12.5. The SMILES string of the molecule is CC(=O)c1cc([N+](=O)[O-])c(NCc2ccc(S(=O)(=O)N3CCCC3)cc2)s1. The fourth-order valence-electron chi connectivity index (χ4n) is 2.86. The maximum Gasteiger partial charge on any atom is 0.304 e. The van der Waals surface area contributed by atoms with E-state index in [1.165, 1.54) is 17.3 Å². The fourth-order valence-corrected chi connectivity index (χ4v) is 5.29. The van der Waals surface area contributed by atoms with Gasteiger partial charge in [-0.1, -0.05) is 12.1 Å². The molecule has 10 heteroatoms. The van der Waals surface area contributed by atoms with Crippen molar-refractivity contribution in [2.75, 3.05) is 18.4 Å². The minimum Gasteiger partial charge on any atom is -0.367 e. The zero-order valence-electron chi connectivity index (χ0n) is 14.7. The molecule has 1 saturated heterocycles. The summed E-state index contributed by atoms with van der Waals surface area (Å²) in [7, 11) is -3.46. The molecule has 1 fully saturated rings. The van der Waals surface area contributed by atoms with E-state index >= 15 is 0 Å². The van der Waals surface area contributed by atoms with E-state index < -0.39 is 14.9 Å². The molecule has 144 valence electrons.